The van der Waals surface area contributed by atoms with Gasteiger partial charge in [0, 0.05) is 0 Å². The highest BCUT2D eigenvalue weighted by Gasteiger charge is 2.31. The van der Waals surface area contributed by atoms with Crippen LogP contribution in [0, 0.1) is 50.6 Å². The number of nitrogens with zero attached hydrogens (tertiary/aromatic N) is 8. The van der Waals surface area contributed by atoms with Crippen LogP contribution in [-0.4, -0.2) is 67.1 Å². The zero-order valence-corrected chi connectivity index (χ0v) is 11.3. The van der Waals surface area contributed by atoms with Gasteiger partial charge in [0.25, 0.3) is 10.2 Å². The maximum absolute atomic E-state index is 10.8. The quantitative estimate of drug-likeness (QED) is 0.190. The minimum Gasteiger partial charge on any atom is -0.286 e. The fraction of sp³-hybridized carbons (Fsp3) is 1.00. The average Bonchev–Trinajstić information content (AvgIpc) is 2.43. The third-order valence-electron chi connectivity index (χ3n) is 1.97. The van der Waals surface area contributed by atoms with Crippen LogP contribution in [0.15, 0.2) is 0 Å². The molecule has 0 amide bonds. The van der Waals surface area contributed by atoms with Crippen molar-refractivity contribution < 1.29 is 34.9 Å². The smallest absolute Gasteiger partial charge is 0.286 e. The predicted octanol–water partition coefficient (Wildman–Crippen LogP) is -2.29. The van der Waals surface area contributed by atoms with Crippen molar-refractivity contribution in [2.45, 2.75) is 0 Å². The van der Waals surface area contributed by atoms with E-state index in [0.717, 1.165) is 0 Å². The van der Waals surface area contributed by atoms with Crippen molar-refractivity contribution in [2.75, 3.05) is 26.8 Å². The zero-order valence-electron chi connectivity index (χ0n) is 11.3. The molecule has 0 saturated heterocycles. The summed E-state index contributed by atoms with van der Waals surface area (Å²) >= 11 is 0. The van der Waals surface area contributed by atoms with Gasteiger partial charge in [0.05, 0.1) is 0 Å². The highest BCUT2D eigenvalue weighted by molar-refractivity contribution is 4.40. The standard InChI is InChI=1S/C4H8N8O12/c13-8(14)5(1-6(9(15)16)3-23-11(19)20)2-7(10(17)18)4-24-12(21)22/h1-4H2. The molecule has 0 N–H and O–H groups in total. The Morgan fingerprint density at radius 2 is 0.875 bits per heavy atom. The van der Waals surface area contributed by atoms with Gasteiger partial charge in [0.2, 0.25) is 26.8 Å². The fourth-order valence-corrected chi connectivity index (χ4v) is 1.03. The maximum atomic E-state index is 10.8. The first kappa shape index (κ1) is 20.0. The van der Waals surface area contributed by atoms with E-state index >= 15 is 0 Å². The molecule has 0 fully saturated rings. The summed E-state index contributed by atoms with van der Waals surface area (Å²) < 4.78 is 0. The van der Waals surface area contributed by atoms with Crippen molar-refractivity contribution in [3.05, 3.63) is 50.6 Å². The molecule has 0 bridgehead atoms. The van der Waals surface area contributed by atoms with Gasteiger partial charge >= 0.3 is 0 Å². The molecule has 0 saturated carbocycles. The Balaban J connectivity index is 4.99. The minimum absolute atomic E-state index is 0.127. The molecule has 20 heteroatoms. The van der Waals surface area contributed by atoms with E-state index in [1.54, 1.807) is 0 Å². The monoisotopic (exact) mass is 360 g/mol. The molecule has 0 atom stereocenters. The molecule has 0 rings (SSSR count). The number of hydrogen-bond acceptors (Lipinski definition) is 12. The third kappa shape index (κ3) is 7.70. The van der Waals surface area contributed by atoms with Crippen LogP contribution in [0.3, 0.4) is 0 Å². The second-order valence-corrected chi connectivity index (χ2v) is 3.48. The molecule has 0 aromatic rings. The van der Waals surface area contributed by atoms with Crippen molar-refractivity contribution in [1.82, 2.24) is 15.0 Å². The van der Waals surface area contributed by atoms with Crippen LogP contribution in [0.5, 0.6) is 0 Å². The van der Waals surface area contributed by atoms with Gasteiger partial charge in [-0.25, -0.2) is 30.3 Å². The van der Waals surface area contributed by atoms with Gasteiger partial charge in [0.15, 0.2) is 15.1 Å². The molecular weight excluding hydrogens is 352 g/mol. The van der Waals surface area contributed by atoms with E-state index in [1.165, 1.54) is 0 Å². The molecule has 0 unspecified atom stereocenters. The Morgan fingerprint density at radius 3 is 1.08 bits per heavy atom. The second kappa shape index (κ2) is 9.11. The number of hydrogen-bond donors (Lipinski definition) is 0. The largest absolute Gasteiger partial charge is 0.296 e. The van der Waals surface area contributed by atoms with Gasteiger partial charge < -0.3 is 0 Å². The van der Waals surface area contributed by atoms with E-state index < -0.39 is 52.1 Å². The number of nitro groups is 3. The average molecular weight is 360 g/mol. The van der Waals surface area contributed by atoms with Crippen LogP contribution in [0.2, 0.25) is 0 Å². The summed E-state index contributed by atoms with van der Waals surface area (Å²) in [4.78, 5) is 59.3. The van der Waals surface area contributed by atoms with Crippen molar-refractivity contribution in [2.24, 2.45) is 0 Å². The van der Waals surface area contributed by atoms with Crippen LogP contribution in [-0.2, 0) is 9.68 Å². The van der Waals surface area contributed by atoms with Gasteiger partial charge in [-0.3, -0.25) is 9.68 Å². The van der Waals surface area contributed by atoms with Gasteiger partial charge in [-0.1, -0.05) is 15.0 Å². The van der Waals surface area contributed by atoms with Gasteiger partial charge in [-0.15, -0.1) is 20.2 Å². The van der Waals surface area contributed by atoms with Crippen molar-refractivity contribution in [3.8, 4) is 0 Å². The van der Waals surface area contributed by atoms with Gasteiger partial charge in [0.1, 0.15) is 0 Å². The first-order chi connectivity index (χ1) is 11.0. The molecular formula is C4H8N8O12. The van der Waals surface area contributed by atoms with Crippen molar-refractivity contribution in [3.63, 3.8) is 0 Å². The summed E-state index contributed by atoms with van der Waals surface area (Å²) in [6.45, 7) is -5.18. The topological polar surface area (TPSA) is 244 Å². The highest BCUT2D eigenvalue weighted by Crippen LogP contribution is 2.01. The molecule has 0 aliphatic heterocycles. The normalized spacial score (nSPS) is 9.50. The Kier molecular flexibility index (Phi) is 7.59. The molecule has 0 heterocycles. The molecule has 20 nitrogen and oxygen atoms in total. The van der Waals surface area contributed by atoms with Gasteiger partial charge in [-0.05, 0) is 0 Å². The maximum Gasteiger partial charge on any atom is 0.296 e. The second-order valence-electron chi connectivity index (χ2n) is 3.48. The molecule has 0 aliphatic carbocycles. The lowest BCUT2D eigenvalue weighted by Gasteiger charge is -2.20. The predicted molar refractivity (Wildman–Crippen MR) is 62.1 cm³/mol. The first-order valence-electron chi connectivity index (χ1n) is 5.27. The lowest BCUT2D eigenvalue weighted by atomic mass is 10.8. The third-order valence-corrected chi connectivity index (χ3v) is 1.97. The van der Waals surface area contributed by atoms with E-state index in [4.69, 9.17) is 0 Å². The first-order valence-corrected chi connectivity index (χ1v) is 5.27. The van der Waals surface area contributed by atoms with E-state index in [-0.39, 0.29) is 15.0 Å². The SMILES string of the molecule is O=[N+]([O-])OCN(CN(CN(CO[N+](=O)[O-])[N+](=O)[O-])[N+](=O)[O-])[N+](=O)[O-]. The molecule has 0 aromatic carbocycles. The van der Waals surface area contributed by atoms with Crippen molar-refractivity contribution >= 4 is 0 Å². The van der Waals surface area contributed by atoms with Crippen molar-refractivity contribution in [1.29, 1.82) is 0 Å². The van der Waals surface area contributed by atoms with E-state index in [2.05, 4.69) is 9.68 Å². The molecule has 0 aromatic heterocycles. The Labute approximate surface area is 128 Å². The number of hydrazine groups is 3. The van der Waals surface area contributed by atoms with Gasteiger partial charge in [-0.2, -0.15) is 0 Å². The molecule has 136 valence electrons. The van der Waals surface area contributed by atoms with Crippen LogP contribution < -0.4 is 0 Å². The highest BCUT2D eigenvalue weighted by atomic mass is 17.0. The lowest BCUT2D eigenvalue weighted by Crippen LogP contribution is -2.51. The molecule has 0 radical (unpaired) electrons. The van der Waals surface area contributed by atoms with Crippen LogP contribution in [0.1, 0.15) is 0 Å². The Morgan fingerprint density at radius 1 is 0.583 bits per heavy atom. The van der Waals surface area contributed by atoms with E-state index in [9.17, 15) is 50.6 Å². The van der Waals surface area contributed by atoms with E-state index in [0.29, 0.717) is 0 Å². The Hall–Kier alpha value is -4.00. The Bertz CT molecular complexity index is 471. The summed E-state index contributed by atoms with van der Waals surface area (Å²) in [5.74, 6) is 0. The molecule has 0 spiro atoms. The van der Waals surface area contributed by atoms with Crippen LogP contribution >= 0.6 is 0 Å². The summed E-state index contributed by atoms with van der Waals surface area (Å²) in [5.41, 5.74) is 0. The zero-order chi connectivity index (χ0) is 18.9. The van der Waals surface area contributed by atoms with E-state index in [1.807, 2.05) is 0 Å². The van der Waals surface area contributed by atoms with Crippen LogP contribution in [0.25, 0.3) is 0 Å². The number of rotatable bonds is 13. The fourth-order valence-electron chi connectivity index (χ4n) is 1.03. The van der Waals surface area contributed by atoms with Crippen LogP contribution in [0.4, 0.5) is 0 Å². The summed E-state index contributed by atoms with van der Waals surface area (Å²) in [6.07, 6.45) is 0. The molecule has 0 aliphatic rings. The molecule has 24 heavy (non-hydrogen) atoms. The minimum atomic E-state index is -1.40. The summed E-state index contributed by atoms with van der Waals surface area (Å²) in [7, 11) is 0. The summed E-state index contributed by atoms with van der Waals surface area (Å²) in [6, 6.07) is 0. The summed E-state index contributed by atoms with van der Waals surface area (Å²) in [5, 5.41) is 44.9. The lowest BCUT2D eigenvalue weighted by molar-refractivity contribution is -0.803.